The number of piperazine rings is 1. The lowest BCUT2D eigenvalue weighted by atomic mass is 10.1. The number of hydrogen-bond acceptors (Lipinski definition) is 6. The van der Waals surface area contributed by atoms with Crippen molar-refractivity contribution in [2.75, 3.05) is 36.9 Å². The third-order valence-electron chi connectivity index (χ3n) is 4.45. The van der Waals surface area contributed by atoms with Gasteiger partial charge in [0.25, 0.3) is 0 Å². The molecule has 2 atom stereocenters. The summed E-state index contributed by atoms with van der Waals surface area (Å²) < 4.78 is 5.41. The molecule has 3 heterocycles. The van der Waals surface area contributed by atoms with Crippen LogP contribution in [0.15, 0.2) is 6.07 Å². The second-order valence-corrected chi connectivity index (χ2v) is 6.00. The first-order chi connectivity index (χ1) is 10.2. The standard InChI is InChI=1S/C15H25N5O/c1-3-21-10-14-17-13(16)7-15(18-14)20-9-12-5-4-6-19(12)8-11(20)2/h7,11-12H,3-6,8-10H2,1-2H3,(H2,16,17,18). The molecule has 2 aliphatic heterocycles. The quantitative estimate of drug-likeness (QED) is 0.901. The number of nitrogens with zero attached hydrogens (tertiary/aromatic N) is 4. The van der Waals surface area contributed by atoms with Gasteiger partial charge in [0.05, 0.1) is 0 Å². The van der Waals surface area contributed by atoms with E-state index in [9.17, 15) is 0 Å². The van der Waals surface area contributed by atoms with Crippen molar-refractivity contribution in [3.05, 3.63) is 11.9 Å². The number of aromatic nitrogens is 2. The Morgan fingerprint density at radius 3 is 3.05 bits per heavy atom. The zero-order valence-electron chi connectivity index (χ0n) is 13.0. The molecule has 6 heteroatoms. The van der Waals surface area contributed by atoms with Gasteiger partial charge in [-0.2, -0.15) is 0 Å². The lowest BCUT2D eigenvalue weighted by Gasteiger charge is -2.43. The molecule has 6 nitrogen and oxygen atoms in total. The molecular weight excluding hydrogens is 266 g/mol. The van der Waals surface area contributed by atoms with Crippen molar-refractivity contribution in [2.45, 2.75) is 45.4 Å². The molecule has 0 aliphatic carbocycles. The molecule has 1 aromatic rings. The van der Waals surface area contributed by atoms with Crippen molar-refractivity contribution in [3.8, 4) is 0 Å². The van der Waals surface area contributed by atoms with E-state index in [1.165, 1.54) is 19.4 Å². The number of nitrogens with two attached hydrogens (primary N) is 1. The smallest absolute Gasteiger partial charge is 0.158 e. The minimum atomic E-state index is 0.423. The molecule has 3 rings (SSSR count). The fraction of sp³-hybridized carbons (Fsp3) is 0.733. The largest absolute Gasteiger partial charge is 0.384 e. The van der Waals surface area contributed by atoms with Gasteiger partial charge in [-0.1, -0.05) is 0 Å². The van der Waals surface area contributed by atoms with E-state index in [0.717, 1.165) is 18.9 Å². The van der Waals surface area contributed by atoms with Crippen molar-refractivity contribution in [3.63, 3.8) is 0 Å². The number of ether oxygens (including phenoxy) is 1. The van der Waals surface area contributed by atoms with Gasteiger partial charge in [-0.15, -0.1) is 0 Å². The van der Waals surface area contributed by atoms with Crippen LogP contribution in [0.25, 0.3) is 0 Å². The molecule has 2 fully saturated rings. The summed E-state index contributed by atoms with van der Waals surface area (Å²) in [6.07, 6.45) is 2.60. The van der Waals surface area contributed by atoms with Crippen LogP contribution in [0.1, 0.15) is 32.5 Å². The van der Waals surface area contributed by atoms with Crippen LogP contribution < -0.4 is 10.6 Å². The van der Waals surface area contributed by atoms with E-state index in [4.69, 9.17) is 10.5 Å². The van der Waals surface area contributed by atoms with Gasteiger partial charge < -0.3 is 15.4 Å². The zero-order valence-corrected chi connectivity index (χ0v) is 13.0. The highest BCUT2D eigenvalue weighted by Gasteiger charge is 2.35. The molecule has 0 radical (unpaired) electrons. The van der Waals surface area contributed by atoms with Crippen LogP contribution in [0.2, 0.25) is 0 Å². The summed E-state index contributed by atoms with van der Waals surface area (Å²) in [6.45, 7) is 8.69. The van der Waals surface area contributed by atoms with Crippen LogP contribution in [0.3, 0.4) is 0 Å². The molecule has 1 aromatic heterocycles. The first-order valence-electron chi connectivity index (χ1n) is 7.89. The number of nitrogen functional groups attached to an aromatic ring is 1. The summed E-state index contributed by atoms with van der Waals surface area (Å²) in [6, 6.07) is 3.00. The number of rotatable bonds is 4. The second-order valence-electron chi connectivity index (χ2n) is 6.00. The van der Waals surface area contributed by atoms with Gasteiger partial charge in [0, 0.05) is 37.8 Å². The van der Waals surface area contributed by atoms with Crippen molar-refractivity contribution >= 4 is 11.6 Å². The summed E-state index contributed by atoms with van der Waals surface area (Å²) in [5.74, 6) is 2.14. The van der Waals surface area contributed by atoms with E-state index in [1.54, 1.807) is 0 Å². The number of anilines is 2. The molecule has 2 N–H and O–H groups in total. The van der Waals surface area contributed by atoms with Crippen molar-refractivity contribution in [1.29, 1.82) is 0 Å². The Hall–Kier alpha value is -1.40. The summed E-state index contributed by atoms with van der Waals surface area (Å²) in [7, 11) is 0. The molecule has 0 amide bonds. The maximum absolute atomic E-state index is 5.95. The minimum Gasteiger partial charge on any atom is -0.384 e. The third-order valence-corrected chi connectivity index (χ3v) is 4.45. The van der Waals surface area contributed by atoms with E-state index in [2.05, 4.69) is 26.7 Å². The van der Waals surface area contributed by atoms with Gasteiger partial charge in [0.2, 0.25) is 0 Å². The normalized spacial score (nSPS) is 26.1. The first-order valence-corrected chi connectivity index (χ1v) is 7.89. The van der Waals surface area contributed by atoms with Gasteiger partial charge in [0.1, 0.15) is 18.2 Å². The van der Waals surface area contributed by atoms with Crippen molar-refractivity contribution in [2.24, 2.45) is 0 Å². The van der Waals surface area contributed by atoms with Crippen LogP contribution in [-0.2, 0) is 11.3 Å². The lowest BCUT2D eigenvalue weighted by Crippen LogP contribution is -2.55. The third kappa shape index (κ3) is 3.11. The molecule has 0 spiro atoms. The lowest BCUT2D eigenvalue weighted by molar-refractivity contribution is 0.128. The van der Waals surface area contributed by atoms with Gasteiger partial charge in [-0.3, -0.25) is 4.90 Å². The molecule has 2 saturated heterocycles. The van der Waals surface area contributed by atoms with E-state index in [0.29, 0.717) is 36.9 Å². The van der Waals surface area contributed by atoms with Crippen LogP contribution in [0.4, 0.5) is 11.6 Å². The predicted molar refractivity (Wildman–Crippen MR) is 83.2 cm³/mol. The Morgan fingerprint density at radius 1 is 1.38 bits per heavy atom. The molecule has 0 bridgehead atoms. The van der Waals surface area contributed by atoms with E-state index >= 15 is 0 Å². The highest BCUT2D eigenvalue weighted by molar-refractivity contribution is 5.48. The monoisotopic (exact) mass is 291 g/mol. The van der Waals surface area contributed by atoms with E-state index < -0.39 is 0 Å². The Labute approximate surface area is 126 Å². The minimum absolute atomic E-state index is 0.423. The summed E-state index contributed by atoms with van der Waals surface area (Å²) >= 11 is 0. The van der Waals surface area contributed by atoms with Crippen LogP contribution in [0, 0.1) is 0 Å². The average molecular weight is 291 g/mol. The maximum Gasteiger partial charge on any atom is 0.158 e. The van der Waals surface area contributed by atoms with E-state index in [-0.39, 0.29) is 0 Å². The second kappa shape index (κ2) is 6.15. The fourth-order valence-corrected chi connectivity index (χ4v) is 3.41. The number of fused-ring (bicyclic) bond motifs is 1. The first kappa shape index (κ1) is 14.5. The predicted octanol–water partition coefficient (Wildman–Crippen LogP) is 1.27. The Bertz CT molecular complexity index is 495. The highest BCUT2D eigenvalue weighted by atomic mass is 16.5. The highest BCUT2D eigenvalue weighted by Crippen LogP contribution is 2.28. The molecule has 2 unspecified atom stereocenters. The number of hydrogen-bond donors (Lipinski definition) is 1. The molecule has 0 saturated carbocycles. The average Bonchev–Trinajstić information content (AvgIpc) is 2.90. The SMILES string of the molecule is CCOCc1nc(N)cc(N2CC3CCCN3CC2C)n1. The molecule has 0 aromatic carbocycles. The van der Waals surface area contributed by atoms with Crippen LogP contribution in [-0.4, -0.2) is 53.2 Å². The van der Waals surface area contributed by atoms with Crippen LogP contribution in [0.5, 0.6) is 0 Å². The Balaban J connectivity index is 1.80. The van der Waals surface area contributed by atoms with Crippen molar-refractivity contribution < 1.29 is 4.74 Å². The Kier molecular flexibility index (Phi) is 4.26. The zero-order chi connectivity index (χ0) is 14.8. The fourth-order valence-electron chi connectivity index (χ4n) is 3.41. The van der Waals surface area contributed by atoms with Crippen LogP contribution >= 0.6 is 0 Å². The molecular formula is C15H25N5O. The van der Waals surface area contributed by atoms with E-state index in [1.807, 2.05) is 13.0 Å². The molecule has 116 valence electrons. The summed E-state index contributed by atoms with van der Waals surface area (Å²) in [4.78, 5) is 13.9. The Morgan fingerprint density at radius 2 is 2.24 bits per heavy atom. The van der Waals surface area contributed by atoms with Gasteiger partial charge in [0.15, 0.2) is 5.82 Å². The van der Waals surface area contributed by atoms with Gasteiger partial charge >= 0.3 is 0 Å². The molecule has 2 aliphatic rings. The van der Waals surface area contributed by atoms with Crippen molar-refractivity contribution in [1.82, 2.24) is 14.9 Å². The summed E-state index contributed by atoms with van der Waals surface area (Å²) in [5, 5.41) is 0. The molecule has 21 heavy (non-hydrogen) atoms. The maximum atomic E-state index is 5.95. The van der Waals surface area contributed by atoms with Gasteiger partial charge in [-0.25, -0.2) is 9.97 Å². The van der Waals surface area contributed by atoms with Gasteiger partial charge in [-0.05, 0) is 33.2 Å². The topological polar surface area (TPSA) is 67.5 Å². The summed E-state index contributed by atoms with van der Waals surface area (Å²) in [5.41, 5.74) is 5.95.